The smallest absolute Gasteiger partial charge is 0.253 e. The third kappa shape index (κ3) is 5.52. The monoisotopic (exact) mass is 485 g/mol. The molecule has 0 atom stereocenters. The van der Waals surface area contributed by atoms with Gasteiger partial charge in [-0.15, -0.1) is 0 Å². The van der Waals surface area contributed by atoms with Gasteiger partial charge in [0.15, 0.2) is 0 Å². The predicted molar refractivity (Wildman–Crippen MR) is 135 cm³/mol. The third-order valence-electron chi connectivity index (χ3n) is 6.63. The van der Waals surface area contributed by atoms with Gasteiger partial charge in [-0.3, -0.25) is 4.79 Å². The largest absolute Gasteiger partial charge is 0.371 e. The van der Waals surface area contributed by atoms with Crippen LogP contribution in [0.2, 0.25) is 0 Å². The third-order valence-corrected chi connectivity index (χ3v) is 8.44. The maximum atomic E-state index is 13.2. The first-order chi connectivity index (χ1) is 16.4. The van der Waals surface area contributed by atoms with Gasteiger partial charge < -0.3 is 15.1 Å². The van der Waals surface area contributed by atoms with Crippen molar-refractivity contribution < 1.29 is 13.2 Å². The van der Waals surface area contributed by atoms with Crippen molar-refractivity contribution in [2.75, 3.05) is 50.1 Å². The molecule has 2 saturated heterocycles. The molecule has 0 aliphatic carbocycles. The first-order valence-corrected chi connectivity index (χ1v) is 13.6. The quantitative estimate of drug-likeness (QED) is 0.648. The summed E-state index contributed by atoms with van der Waals surface area (Å²) in [6.07, 6.45) is 8.88. The summed E-state index contributed by atoms with van der Waals surface area (Å²) in [4.78, 5) is 22.4. The summed E-state index contributed by atoms with van der Waals surface area (Å²) in [5.41, 5.74) is 2.08. The van der Waals surface area contributed by atoms with Crippen molar-refractivity contribution in [1.82, 2.24) is 14.6 Å². The van der Waals surface area contributed by atoms with E-state index in [1.54, 1.807) is 12.1 Å². The average Bonchev–Trinajstić information content (AvgIpc) is 3.24. The SMILES string of the molecule is CN(C)S(=O)(=O)c1ccc(N2CCCC2)c(C(=O)NCc2ccc(N3CCCCCC3)nc2)c1. The lowest BCUT2D eigenvalue weighted by molar-refractivity contribution is 0.0951. The van der Waals surface area contributed by atoms with Gasteiger partial charge in [0.1, 0.15) is 5.82 Å². The molecular weight excluding hydrogens is 450 g/mol. The number of pyridine rings is 1. The number of sulfonamides is 1. The summed E-state index contributed by atoms with van der Waals surface area (Å²) in [7, 11) is -0.655. The molecule has 2 aromatic rings. The summed E-state index contributed by atoms with van der Waals surface area (Å²) in [5.74, 6) is 0.698. The molecule has 0 bridgehead atoms. The van der Waals surface area contributed by atoms with Crippen molar-refractivity contribution in [2.24, 2.45) is 0 Å². The van der Waals surface area contributed by atoms with Gasteiger partial charge in [-0.25, -0.2) is 17.7 Å². The molecule has 2 aliphatic heterocycles. The number of nitrogens with zero attached hydrogens (tertiary/aromatic N) is 4. The van der Waals surface area contributed by atoms with Gasteiger partial charge in [-0.1, -0.05) is 18.9 Å². The molecule has 0 unspecified atom stereocenters. The van der Waals surface area contributed by atoms with E-state index < -0.39 is 10.0 Å². The van der Waals surface area contributed by atoms with E-state index in [0.29, 0.717) is 12.1 Å². The van der Waals surface area contributed by atoms with Crippen molar-refractivity contribution in [3.63, 3.8) is 0 Å². The van der Waals surface area contributed by atoms with Crippen molar-refractivity contribution in [1.29, 1.82) is 0 Å². The number of amides is 1. The maximum absolute atomic E-state index is 13.2. The second-order valence-electron chi connectivity index (χ2n) is 9.27. The molecule has 1 N–H and O–H groups in total. The van der Waals surface area contributed by atoms with Gasteiger partial charge in [-0.05, 0) is 55.5 Å². The predicted octanol–water partition coefficient (Wildman–Crippen LogP) is 3.24. The second-order valence-corrected chi connectivity index (χ2v) is 11.4. The maximum Gasteiger partial charge on any atom is 0.253 e. The lowest BCUT2D eigenvalue weighted by atomic mass is 10.1. The van der Waals surface area contributed by atoms with E-state index in [1.165, 1.54) is 45.8 Å². The van der Waals surface area contributed by atoms with E-state index in [-0.39, 0.29) is 10.8 Å². The van der Waals surface area contributed by atoms with Crippen LogP contribution in [-0.4, -0.2) is 63.9 Å². The minimum Gasteiger partial charge on any atom is -0.371 e. The number of hydrogen-bond acceptors (Lipinski definition) is 6. The van der Waals surface area contributed by atoms with Crippen molar-refractivity contribution >= 4 is 27.4 Å². The van der Waals surface area contributed by atoms with Crippen LogP contribution in [0.25, 0.3) is 0 Å². The van der Waals surface area contributed by atoms with Crippen LogP contribution >= 0.6 is 0 Å². The van der Waals surface area contributed by atoms with E-state index in [1.807, 2.05) is 18.3 Å². The molecule has 3 heterocycles. The number of carbonyl (C=O) groups is 1. The molecule has 9 heteroatoms. The van der Waals surface area contributed by atoms with E-state index in [9.17, 15) is 13.2 Å². The van der Waals surface area contributed by atoms with E-state index in [2.05, 4.69) is 20.1 Å². The van der Waals surface area contributed by atoms with Gasteiger partial charge in [0, 0.05) is 58.7 Å². The van der Waals surface area contributed by atoms with Crippen LogP contribution in [-0.2, 0) is 16.6 Å². The van der Waals surface area contributed by atoms with Gasteiger partial charge in [0.05, 0.1) is 10.5 Å². The van der Waals surface area contributed by atoms with E-state index in [4.69, 9.17) is 0 Å². The first kappa shape index (κ1) is 24.5. The molecular formula is C25H35N5O3S. The lowest BCUT2D eigenvalue weighted by Crippen LogP contribution is -2.28. The number of rotatable bonds is 7. The number of anilines is 2. The molecule has 1 amide bonds. The Morgan fingerprint density at radius 2 is 1.59 bits per heavy atom. The Morgan fingerprint density at radius 1 is 0.941 bits per heavy atom. The highest BCUT2D eigenvalue weighted by Gasteiger charge is 2.24. The summed E-state index contributed by atoms with van der Waals surface area (Å²) in [6.45, 7) is 4.13. The van der Waals surface area contributed by atoms with Crippen molar-refractivity contribution in [3.8, 4) is 0 Å². The van der Waals surface area contributed by atoms with Crippen LogP contribution in [0.1, 0.15) is 54.4 Å². The van der Waals surface area contributed by atoms with Crippen LogP contribution in [0.15, 0.2) is 41.4 Å². The second kappa shape index (κ2) is 10.7. The molecule has 0 spiro atoms. The molecule has 34 heavy (non-hydrogen) atoms. The Hall–Kier alpha value is -2.65. The molecule has 1 aromatic heterocycles. The fourth-order valence-corrected chi connectivity index (χ4v) is 5.52. The zero-order valence-electron chi connectivity index (χ0n) is 20.2. The zero-order chi connectivity index (χ0) is 24.1. The Labute approximate surface area is 203 Å². The van der Waals surface area contributed by atoms with Crippen LogP contribution in [0, 0.1) is 0 Å². The van der Waals surface area contributed by atoms with Gasteiger partial charge in [0.25, 0.3) is 5.91 Å². The molecule has 4 rings (SSSR count). The Bertz CT molecular complexity index is 1090. The normalized spacial score (nSPS) is 17.1. The Balaban J connectivity index is 1.50. The number of carbonyl (C=O) groups excluding carboxylic acids is 1. The van der Waals surface area contributed by atoms with Crippen LogP contribution in [0.5, 0.6) is 0 Å². The van der Waals surface area contributed by atoms with Gasteiger partial charge in [0.2, 0.25) is 10.0 Å². The van der Waals surface area contributed by atoms with Crippen molar-refractivity contribution in [2.45, 2.75) is 50.0 Å². The number of hydrogen-bond donors (Lipinski definition) is 1. The Kier molecular flexibility index (Phi) is 7.73. The molecule has 2 aliphatic rings. The highest BCUT2D eigenvalue weighted by molar-refractivity contribution is 7.89. The topological polar surface area (TPSA) is 85.8 Å². The number of nitrogens with one attached hydrogen (secondary N) is 1. The summed E-state index contributed by atoms with van der Waals surface area (Å²) in [5, 5.41) is 2.97. The highest BCUT2D eigenvalue weighted by Crippen LogP contribution is 2.28. The molecule has 184 valence electrons. The fraction of sp³-hybridized carbons (Fsp3) is 0.520. The molecule has 1 aromatic carbocycles. The number of benzene rings is 1. The molecule has 8 nitrogen and oxygen atoms in total. The minimum absolute atomic E-state index is 0.120. The lowest BCUT2D eigenvalue weighted by Gasteiger charge is -2.22. The van der Waals surface area contributed by atoms with Crippen molar-refractivity contribution in [3.05, 3.63) is 47.7 Å². The zero-order valence-corrected chi connectivity index (χ0v) is 21.0. The fourth-order valence-electron chi connectivity index (χ4n) is 4.59. The first-order valence-electron chi connectivity index (χ1n) is 12.2. The summed E-state index contributed by atoms with van der Waals surface area (Å²) in [6, 6.07) is 8.87. The van der Waals surface area contributed by atoms with Crippen LogP contribution in [0.3, 0.4) is 0 Å². The van der Waals surface area contributed by atoms with E-state index >= 15 is 0 Å². The standard InChI is InChI=1S/C25H35N5O3S/c1-28(2)34(32,33)21-10-11-23(29-13-7-8-14-29)22(17-21)25(31)27-19-20-9-12-24(26-18-20)30-15-5-3-4-6-16-30/h9-12,17-18H,3-8,13-16,19H2,1-2H3,(H,27,31). The molecule has 2 fully saturated rings. The summed E-state index contributed by atoms with van der Waals surface area (Å²) >= 11 is 0. The van der Waals surface area contributed by atoms with E-state index in [0.717, 1.165) is 60.4 Å². The average molecular weight is 486 g/mol. The highest BCUT2D eigenvalue weighted by atomic mass is 32.2. The number of aromatic nitrogens is 1. The minimum atomic E-state index is -3.64. The Morgan fingerprint density at radius 3 is 2.21 bits per heavy atom. The molecule has 0 saturated carbocycles. The van der Waals surface area contributed by atoms with Gasteiger partial charge in [-0.2, -0.15) is 0 Å². The molecule has 0 radical (unpaired) electrons. The van der Waals surface area contributed by atoms with Gasteiger partial charge >= 0.3 is 0 Å². The summed E-state index contributed by atoms with van der Waals surface area (Å²) < 4.78 is 26.5. The van der Waals surface area contributed by atoms with Crippen LogP contribution in [0.4, 0.5) is 11.5 Å². The van der Waals surface area contributed by atoms with Crippen LogP contribution < -0.4 is 15.1 Å².